The number of aromatic nitrogens is 2. The first-order valence-electron chi connectivity index (χ1n) is 6.47. The van der Waals surface area contributed by atoms with E-state index in [0.717, 1.165) is 23.2 Å². The van der Waals surface area contributed by atoms with E-state index in [1.807, 2.05) is 30.1 Å². The van der Waals surface area contributed by atoms with Crippen LogP contribution in [0.2, 0.25) is 0 Å². The molecule has 1 heterocycles. The number of rotatable bonds is 5. The Morgan fingerprint density at radius 2 is 1.65 bits per heavy atom. The Morgan fingerprint density at radius 3 is 2.10 bits per heavy atom. The van der Waals surface area contributed by atoms with Crippen LogP contribution in [0.4, 0.5) is 0 Å². The van der Waals surface area contributed by atoms with E-state index in [1.54, 1.807) is 21.3 Å². The lowest BCUT2D eigenvalue weighted by Gasteiger charge is -2.14. The molecule has 0 unspecified atom stereocenters. The van der Waals surface area contributed by atoms with E-state index in [-0.39, 0.29) is 0 Å². The van der Waals surface area contributed by atoms with E-state index >= 15 is 0 Å². The summed E-state index contributed by atoms with van der Waals surface area (Å²) in [5, 5.41) is 4.46. The molecule has 108 valence electrons. The lowest BCUT2D eigenvalue weighted by Crippen LogP contribution is -1.96. The van der Waals surface area contributed by atoms with Gasteiger partial charge in [0.05, 0.1) is 27.0 Å². The maximum Gasteiger partial charge on any atom is 0.203 e. The largest absolute Gasteiger partial charge is 0.493 e. The van der Waals surface area contributed by atoms with Crippen LogP contribution in [-0.4, -0.2) is 31.1 Å². The minimum absolute atomic E-state index is 0.598. The normalized spacial score (nSPS) is 10.4. The van der Waals surface area contributed by atoms with Crippen molar-refractivity contribution in [3.05, 3.63) is 24.0 Å². The molecule has 5 heteroatoms. The average Bonchev–Trinajstić information content (AvgIpc) is 2.86. The maximum atomic E-state index is 5.39. The summed E-state index contributed by atoms with van der Waals surface area (Å²) < 4.78 is 17.9. The van der Waals surface area contributed by atoms with E-state index in [9.17, 15) is 0 Å². The fourth-order valence-corrected chi connectivity index (χ4v) is 2.27. The molecule has 0 aliphatic heterocycles. The summed E-state index contributed by atoms with van der Waals surface area (Å²) in [6.45, 7) is 2.09. The van der Waals surface area contributed by atoms with E-state index in [2.05, 4.69) is 12.0 Å². The van der Waals surface area contributed by atoms with E-state index < -0.39 is 0 Å². The van der Waals surface area contributed by atoms with Crippen molar-refractivity contribution < 1.29 is 14.2 Å². The van der Waals surface area contributed by atoms with Gasteiger partial charge in [-0.25, -0.2) is 0 Å². The minimum atomic E-state index is 0.598. The molecule has 0 aliphatic rings. The Morgan fingerprint density at radius 1 is 1.05 bits per heavy atom. The van der Waals surface area contributed by atoms with Gasteiger partial charge in [0.25, 0.3) is 0 Å². The zero-order valence-corrected chi connectivity index (χ0v) is 12.6. The standard InChI is InChI=1S/C15H20N2O3/c1-6-12-11(9-17(2)16-12)10-7-13(18-3)15(20-5)14(8-10)19-4/h7-9H,6H2,1-5H3. The highest BCUT2D eigenvalue weighted by Crippen LogP contribution is 2.41. The molecule has 0 N–H and O–H groups in total. The SMILES string of the molecule is CCc1nn(C)cc1-c1cc(OC)c(OC)c(OC)c1. The number of nitrogens with zero attached hydrogens (tertiary/aromatic N) is 2. The van der Waals surface area contributed by atoms with Gasteiger partial charge in [-0.15, -0.1) is 0 Å². The van der Waals surface area contributed by atoms with Gasteiger partial charge in [0.1, 0.15) is 0 Å². The highest BCUT2D eigenvalue weighted by molar-refractivity contribution is 5.72. The topological polar surface area (TPSA) is 45.5 Å². The molecule has 2 aromatic rings. The molecule has 0 spiro atoms. The highest BCUT2D eigenvalue weighted by Gasteiger charge is 2.16. The van der Waals surface area contributed by atoms with Crippen molar-refractivity contribution in [2.75, 3.05) is 21.3 Å². The predicted molar refractivity (Wildman–Crippen MR) is 77.7 cm³/mol. The molecule has 0 aliphatic carbocycles. The van der Waals surface area contributed by atoms with Crippen LogP contribution in [0.3, 0.4) is 0 Å². The van der Waals surface area contributed by atoms with Crippen LogP contribution in [0.1, 0.15) is 12.6 Å². The van der Waals surface area contributed by atoms with Crippen molar-refractivity contribution in [2.45, 2.75) is 13.3 Å². The zero-order valence-electron chi connectivity index (χ0n) is 12.6. The van der Waals surface area contributed by atoms with Gasteiger partial charge < -0.3 is 14.2 Å². The van der Waals surface area contributed by atoms with Crippen LogP contribution < -0.4 is 14.2 Å². The van der Waals surface area contributed by atoms with Crippen LogP contribution in [0.25, 0.3) is 11.1 Å². The monoisotopic (exact) mass is 276 g/mol. The van der Waals surface area contributed by atoms with Gasteiger partial charge in [-0.3, -0.25) is 4.68 Å². The number of ether oxygens (including phenoxy) is 3. The lowest BCUT2D eigenvalue weighted by atomic mass is 10.0. The quantitative estimate of drug-likeness (QED) is 0.842. The van der Waals surface area contributed by atoms with Crippen molar-refractivity contribution in [3.63, 3.8) is 0 Å². The van der Waals surface area contributed by atoms with Gasteiger partial charge in [-0.1, -0.05) is 6.92 Å². The molecule has 1 aromatic heterocycles. The molecule has 0 saturated heterocycles. The Kier molecular flexibility index (Phi) is 4.17. The van der Waals surface area contributed by atoms with Crippen molar-refractivity contribution in [1.82, 2.24) is 9.78 Å². The molecule has 0 atom stereocenters. The molecule has 0 amide bonds. The second kappa shape index (κ2) is 5.86. The first-order valence-corrected chi connectivity index (χ1v) is 6.47. The Hall–Kier alpha value is -2.17. The summed E-state index contributed by atoms with van der Waals surface area (Å²) in [5.41, 5.74) is 3.13. The highest BCUT2D eigenvalue weighted by atomic mass is 16.5. The van der Waals surface area contributed by atoms with Crippen LogP contribution in [0.15, 0.2) is 18.3 Å². The van der Waals surface area contributed by atoms with Gasteiger partial charge in [-0.05, 0) is 24.1 Å². The van der Waals surface area contributed by atoms with E-state index in [0.29, 0.717) is 17.2 Å². The first kappa shape index (κ1) is 14.2. The van der Waals surface area contributed by atoms with E-state index in [1.165, 1.54) is 0 Å². The van der Waals surface area contributed by atoms with Gasteiger partial charge in [-0.2, -0.15) is 5.10 Å². The average molecular weight is 276 g/mol. The van der Waals surface area contributed by atoms with Crippen molar-refractivity contribution in [2.24, 2.45) is 7.05 Å². The van der Waals surface area contributed by atoms with Crippen molar-refractivity contribution in [1.29, 1.82) is 0 Å². The van der Waals surface area contributed by atoms with Crippen molar-refractivity contribution in [3.8, 4) is 28.4 Å². The minimum Gasteiger partial charge on any atom is -0.493 e. The van der Waals surface area contributed by atoms with Crippen LogP contribution in [0.5, 0.6) is 17.2 Å². The summed E-state index contributed by atoms with van der Waals surface area (Å²) in [7, 11) is 6.75. The number of hydrogen-bond acceptors (Lipinski definition) is 4. The Labute approximate surface area is 119 Å². The third-order valence-electron chi connectivity index (χ3n) is 3.22. The Bertz CT molecular complexity index is 580. The molecule has 20 heavy (non-hydrogen) atoms. The third-order valence-corrected chi connectivity index (χ3v) is 3.22. The van der Waals surface area contributed by atoms with Gasteiger partial charge in [0.2, 0.25) is 5.75 Å². The molecular formula is C15H20N2O3. The molecule has 0 radical (unpaired) electrons. The summed E-state index contributed by atoms with van der Waals surface area (Å²) in [4.78, 5) is 0. The number of methoxy groups -OCH3 is 3. The molecule has 0 fully saturated rings. The third kappa shape index (κ3) is 2.43. The fourth-order valence-electron chi connectivity index (χ4n) is 2.27. The predicted octanol–water partition coefficient (Wildman–Crippen LogP) is 2.68. The maximum absolute atomic E-state index is 5.39. The molecule has 1 aromatic carbocycles. The van der Waals surface area contributed by atoms with Gasteiger partial charge in [0.15, 0.2) is 11.5 Å². The second-order valence-corrected chi connectivity index (χ2v) is 4.43. The number of benzene rings is 1. The number of hydrogen-bond donors (Lipinski definition) is 0. The van der Waals surface area contributed by atoms with Crippen molar-refractivity contribution >= 4 is 0 Å². The molecule has 5 nitrogen and oxygen atoms in total. The molecule has 0 saturated carbocycles. The zero-order chi connectivity index (χ0) is 14.7. The molecule has 0 bridgehead atoms. The fraction of sp³-hybridized carbons (Fsp3) is 0.400. The summed E-state index contributed by atoms with van der Waals surface area (Å²) >= 11 is 0. The lowest BCUT2D eigenvalue weighted by molar-refractivity contribution is 0.324. The molecular weight excluding hydrogens is 256 g/mol. The van der Waals surface area contributed by atoms with E-state index in [4.69, 9.17) is 14.2 Å². The van der Waals surface area contributed by atoms with Crippen LogP contribution >= 0.6 is 0 Å². The van der Waals surface area contributed by atoms with Gasteiger partial charge >= 0.3 is 0 Å². The Balaban J connectivity index is 2.62. The first-order chi connectivity index (χ1) is 9.64. The number of aryl methyl sites for hydroxylation is 2. The van der Waals surface area contributed by atoms with Crippen LogP contribution in [0, 0.1) is 0 Å². The summed E-state index contributed by atoms with van der Waals surface area (Å²) in [5.74, 6) is 1.89. The second-order valence-electron chi connectivity index (χ2n) is 4.43. The van der Waals surface area contributed by atoms with Crippen LogP contribution in [-0.2, 0) is 13.5 Å². The smallest absolute Gasteiger partial charge is 0.203 e. The summed E-state index contributed by atoms with van der Waals surface area (Å²) in [6.07, 6.45) is 2.87. The van der Waals surface area contributed by atoms with Gasteiger partial charge in [0, 0.05) is 18.8 Å². The molecule has 2 rings (SSSR count). The summed E-state index contributed by atoms with van der Waals surface area (Å²) in [6, 6.07) is 3.88.